The summed E-state index contributed by atoms with van der Waals surface area (Å²) >= 11 is 6.01. The second-order valence-electron chi connectivity index (χ2n) is 10.2. The lowest BCUT2D eigenvalue weighted by molar-refractivity contribution is -0.614. The van der Waals surface area contributed by atoms with Gasteiger partial charge in [0, 0.05) is 39.9 Å². The van der Waals surface area contributed by atoms with Crippen LogP contribution in [0.1, 0.15) is 48.4 Å². The van der Waals surface area contributed by atoms with Crippen LogP contribution in [0.3, 0.4) is 0 Å². The number of nitrogens with zero attached hydrogens (tertiary/aromatic N) is 1. The number of ether oxygens (including phenoxy) is 1. The Morgan fingerprint density at radius 1 is 1.02 bits per heavy atom. The van der Waals surface area contributed by atoms with Crippen molar-refractivity contribution in [2.75, 3.05) is 17.7 Å². The Morgan fingerprint density at radius 2 is 1.84 bits per heavy atom. The molecule has 2 N–H and O–H groups in total. The molecule has 2 amide bonds. The molecule has 0 fully saturated rings. The van der Waals surface area contributed by atoms with E-state index in [4.69, 9.17) is 11.6 Å². The fraction of sp³-hybridized carbons (Fsp3) is 0.219. The highest BCUT2D eigenvalue weighted by atomic mass is 35.5. The lowest BCUT2D eigenvalue weighted by Gasteiger charge is -2.21. The zero-order chi connectivity index (χ0) is 30.7. The minimum atomic E-state index is -4.63. The van der Waals surface area contributed by atoms with Crippen molar-refractivity contribution < 1.29 is 32.2 Å². The lowest BCUT2D eigenvalue weighted by Crippen LogP contribution is -2.33. The fourth-order valence-electron chi connectivity index (χ4n) is 5.33. The normalized spacial score (nSPS) is 15.4. The van der Waals surface area contributed by atoms with Crippen molar-refractivity contribution in [1.82, 2.24) is 0 Å². The van der Waals surface area contributed by atoms with Crippen molar-refractivity contribution in [2.24, 2.45) is 0 Å². The van der Waals surface area contributed by atoms with Crippen molar-refractivity contribution in [3.05, 3.63) is 106 Å². The number of rotatable bonds is 3. The molecule has 0 saturated heterocycles. The highest BCUT2D eigenvalue weighted by Gasteiger charge is 2.34. The number of halogens is 4. The number of benzene rings is 3. The van der Waals surface area contributed by atoms with Crippen LogP contribution in [0.2, 0.25) is 5.02 Å². The molecule has 3 aromatic carbocycles. The SMILES string of the molecule is COC(=O)Nc1ccc2c(c1)NC(=O)CCCC[C@H](c1ccc(-c3cc(Cl)ccc3C(F)(F)F)c[n+]1[O-])c1cccc-2c1. The largest absolute Gasteiger partial charge is 0.618 e. The number of carbonyl (C=O) groups excluding carboxylic acids is 2. The van der Waals surface area contributed by atoms with Gasteiger partial charge in [0.15, 0.2) is 11.9 Å². The van der Waals surface area contributed by atoms with E-state index in [9.17, 15) is 28.0 Å². The number of hydrogen-bond acceptors (Lipinski definition) is 4. The van der Waals surface area contributed by atoms with E-state index in [1.54, 1.807) is 24.3 Å². The second kappa shape index (κ2) is 12.3. The first kappa shape index (κ1) is 29.9. The van der Waals surface area contributed by atoms with Crippen molar-refractivity contribution >= 4 is 35.0 Å². The highest BCUT2D eigenvalue weighted by molar-refractivity contribution is 6.30. The predicted molar refractivity (Wildman–Crippen MR) is 158 cm³/mol. The van der Waals surface area contributed by atoms with Crippen LogP contribution in [0.15, 0.2) is 79.0 Å². The van der Waals surface area contributed by atoms with Crippen molar-refractivity contribution in [1.29, 1.82) is 0 Å². The maximum absolute atomic E-state index is 13.7. The van der Waals surface area contributed by atoms with Gasteiger partial charge in [-0.15, -0.1) is 0 Å². The summed E-state index contributed by atoms with van der Waals surface area (Å²) in [5, 5.41) is 19.1. The van der Waals surface area contributed by atoms with Crippen molar-refractivity contribution in [2.45, 2.75) is 37.8 Å². The number of carbonyl (C=O) groups is 2. The monoisotopic (exact) mass is 609 g/mol. The molecule has 0 aliphatic carbocycles. The zero-order valence-corrected chi connectivity index (χ0v) is 23.8. The summed E-state index contributed by atoms with van der Waals surface area (Å²) in [5.74, 6) is -0.589. The minimum absolute atomic E-state index is 0.0949. The Hall–Kier alpha value is -4.57. The number of methoxy groups -OCH3 is 1. The molecule has 4 aromatic rings. The standard InChI is InChI=1S/C32H27ClF3N3O4/c1-43-31(41)37-23-11-12-24-19-5-4-6-20(15-19)25(7-2-3-8-30(40)38-28(24)17-23)29-14-9-21(18-39(29)42)26-16-22(33)10-13-27(26)32(34,35)36/h4-6,9-18,25H,2-3,7-8H2,1H3,(H,37,41)(H,38,40)/t25-/m0/s1. The number of fused-ring (bicyclic) bond motifs is 4. The van der Waals surface area contributed by atoms with Crippen LogP contribution >= 0.6 is 11.6 Å². The Labute approximate surface area is 250 Å². The van der Waals surface area contributed by atoms with Crippen LogP contribution in [-0.2, 0) is 15.7 Å². The summed E-state index contributed by atoms with van der Waals surface area (Å²) in [7, 11) is 1.25. The molecule has 7 nitrogen and oxygen atoms in total. The summed E-state index contributed by atoms with van der Waals surface area (Å²) in [6.07, 6.45) is -2.18. The summed E-state index contributed by atoms with van der Waals surface area (Å²) in [4.78, 5) is 24.5. The molecule has 2 heterocycles. The van der Waals surface area contributed by atoms with E-state index in [1.165, 1.54) is 25.3 Å². The number of hydrogen-bond donors (Lipinski definition) is 2. The zero-order valence-electron chi connectivity index (χ0n) is 23.0. The molecule has 1 aliphatic rings. The van der Waals surface area contributed by atoms with E-state index >= 15 is 0 Å². The van der Waals surface area contributed by atoms with Gasteiger partial charge in [0.2, 0.25) is 5.91 Å². The third-order valence-electron chi connectivity index (χ3n) is 7.37. The van der Waals surface area contributed by atoms with E-state index < -0.39 is 17.8 Å². The molecule has 222 valence electrons. The molecule has 0 unspecified atom stereocenters. The maximum Gasteiger partial charge on any atom is 0.417 e. The molecule has 43 heavy (non-hydrogen) atoms. The number of amides is 2. The minimum Gasteiger partial charge on any atom is -0.618 e. The first-order valence-corrected chi connectivity index (χ1v) is 13.9. The number of nitrogens with one attached hydrogen (secondary N) is 2. The molecule has 2 bridgehead atoms. The third-order valence-corrected chi connectivity index (χ3v) is 7.61. The van der Waals surface area contributed by atoms with E-state index in [2.05, 4.69) is 15.4 Å². The lowest BCUT2D eigenvalue weighted by atomic mass is 9.87. The van der Waals surface area contributed by atoms with Gasteiger partial charge in [0.25, 0.3) is 0 Å². The van der Waals surface area contributed by atoms with Crippen molar-refractivity contribution in [3.8, 4) is 22.3 Å². The van der Waals surface area contributed by atoms with Gasteiger partial charge in [0.1, 0.15) is 0 Å². The van der Waals surface area contributed by atoms with E-state index in [0.717, 1.165) is 23.4 Å². The number of aromatic nitrogens is 1. The summed E-state index contributed by atoms with van der Waals surface area (Å²) in [6, 6.07) is 19.0. The molecular formula is C32H27ClF3N3O4. The van der Waals surface area contributed by atoms with Crippen LogP contribution in [0.5, 0.6) is 0 Å². The molecule has 11 heteroatoms. The molecular weight excluding hydrogens is 583 g/mol. The number of anilines is 2. The van der Waals surface area contributed by atoms with Gasteiger partial charge >= 0.3 is 12.3 Å². The highest BCUT2D eigenvalue weighted by Crippen LogP contribution is 2.40. The van der Waals surface area contributed by atoms with Crippen LogP contribution in [0.4, 0.5) is 29.3 Å². The molecule has 1 aliphatic heterocycles. The summed E-state index contributed by atoms with van der Waals surface area (Å²) < 4.78 is 46.4. The maximum atomic E-state index is 13.7. The fourth-order valence-corrected chi connectivity index (χ4v) is 5.50. The van der Waals surface area contributed by atoms with Crippen LogP contribution < -0.4 is 15.4 Å². The molecule has 1 aromatic heterocycles. The average molecular weight is 610 g/mol. The van der Waals surface area contributed by atoms with Gasteiger partial charge in [-0.1, -0.05) is 48.4 Å². The van der Waals surface area contributed by atoms with Gasteiger partial charge < -0.3 is 15.3 Å². The molecule has 0 radical (unpaired) electrons. The quantitative estimate of drug-likeness (QED) is 0.181. The first-order chi connectivity index (χ1) is 20.5. The van der Waals surface area contributed by atoms with Gasteiger partial charge in [-0.25, -0.2) is 4.79 Å². The Bertz CT molecular complexity index is 1690. The Balaban J connectivity index is 1.56. The summed E-state index contributed by atoms with van der Waals surface area (Å²) in [6.45, 7) is 0. The first-order valence-electron chi connectivity index (χ1n) is 13.5. The van der Waals surface area contributed by atoms with E-state index in [0.29, 0.717) is 46.6 Å². The van der Waals surface area contributed by atoms with Gasteiger partial charge in [-0.2, -0.15) is 17.9 Å². The van der Waals surface area contributed by atoms with E-state index in [1.807, 2.05) is 24.3 Å². The third kappa shape index (κ3) is 6.75. The van der Waals surface area contributed by atoms with Crippen LogP contribution in [0, 0.1) is 5.21 Å². The Morgan fingerprint density at radius 3 is 2.58 bits per heavy atom. The molecule has 1 atom stereocenters. The summed E-state index contributed by atoms with van der Waals surface area (Å²) in [5.41, 5.74) is 2.65. The smallest absolute Gasteiger partial charge is 0.417 e. The second-order valence-corrected chi connectivity index (χ2v) is 10.6. The Kier molecular flexibility index (Phi) is 8.59. The molecule has 0 spiro atoms. The number of pyridine rings is 1. The molecule has 5 rings (SSSR count). The van der Waals surface area contributed by atoms with Gasteiger partial charge in [0.05, 0.1) is 24.3 Å². The van der Waals surface area contributed by atoms with Gasteiger partial charge in [-0.3, -0.25) is 10.1 Å². The average Bonchev–Trinajstić information content (AvgIpc) is 2.96. The van der Waals surface area contributed by atoms with E-state index in [-0.39, 0.29) is 34.4 Å². The number of alkyl halides is 3. The topological polar surface area (TPSA) is 94.4 Å². The molecule has 0 saturated carbocycles. The predicted octanol–water partition coefficient (Wildman–Crippen LogP) is 8.15. The van der Waals surface area contributed by atoms with Gasteiger partial charge in [-0.05, 0) is 60.4 Å². The van der Waals surface area contributed by atoms with Crippen molar-refractivity contribution in [3.63, 3.8) is 0 Å². The van der Waals surface area contributed by atoms with Crippen LogP contribution in [0.25, 0.3) is 22.3 Å². The van der Waals surface area contributed by atoms with Crippen LogP contribution in [-0.4, -0.2) is 19.1 Å².